The highest BCUT2D eigenvalue weighted by atomic mass is 16.5. The predicted molar refractivity (Wildman–Crippen MR) is 121 cm³/mol. The van der Waals surface area contributed by atoms with Gasteiger partial charge >= 0.3 is 0 Å². The topological polar surface area (TPSA) is 100 Å². The number of piperidine rings is 1. The molecule has 9 heteroatoms. The third kappa shape index (κ3) is 3.67. The normalized spacial score (nSPS) is 18.3. The van der Waals surface area contributed by atoms with E-state index >= 15 is 0 Å². The molecular formula is C24H27N5O4. The van der Waals surface area contributed by atoms with Crippen molar-refractivity contribution in [2.45, 2.75) is 45.2 Å². The van der Waals surface area contributed by atoms with E-state index in [4.69, 9.17) is 9.72 Å². The lowest BCUT2D eigenvalue weighted by atomic mass is 9.98. The molecule has 0 aliphatic carbocycles. The molecule has 0 spiro atoms. The van der Waals surface area contributed by atoms with Gasteiger partial charge in [0.25, 0.3) is 11.5 Å². The lowest BCUT2D eigenvalue weighted by Crippen LogP contribution is -2.39. The first-order chi connectivity index (χ1) is 16.0. The van der Waals surface area contributed by atoms with Crippen LogP contribution in [0.4, 0.5) is 0 Å². The van der Waals surface area contributed by atoms with Gasteiger partial charge in [-0.1, -0.05) is 12.1 Å². The standard InChI is InChI=1S/C24H27N5O4/c1-15(30)27-12-10-18-17(14-27)24(32)29-22(25-18)13-19(26-29)20-8-5-6-11-28(20)23(31)16-7-3-4-9-21(16)33-2/h3-4,7,9,13,20,26H,5-6,8,10-12,14H2,1-2H3. The summed E-state index contributed by atoms with van der Waals surface area (Å²) in [6, 6.07) is 8.91. The Kier molecular flexibility index (Phi) is 5.39. The maximum absolute atomic E-state index is 13.5. The van der Waals surface area contributed by atoms with Gasteiger partial charge in [0.1, 0.15) is 5.75 Å². The maximum atomic E-state index is 13.5. The molecule has 2 amide bonds. The Hall–Kier alpha value is -3.62. The number of nitrogens with zero attached hydrogens (tertiary/aromatic N) is 4. The first-order valence-electron chi connectivity index (χ1n) is 11.3. The summed E-state index contributed by atoms with van der Waals surface area (Å²) in [5, 5.41) is 3.21. The fourth-order valence-electron chi connectivity index (χ4n) is 4.91. The second-order valence-electron chi connectivity index (χ2n) is 8.65. The number of ether oxygens (including phenoxy) is 1. The van der Waals surface area contributed by atoms with E-state index in [1.807, 2.05) is 23.1 Å². The molecule has 9 nitrogen and oxygen atoms in total. The Bertz CT molecular complexity index is 1290. The zero-order valence-electron chi connectivity index (χ0n) is 18.8. The van der Waals surface area contributed by atoms with Gasteiger partial charge < -0.3 is 14.5 Å². The number of fused-ring (bicyclic) bond motifs is 2. The van der Waals surface area contributed by atoms with Crippen LogP contribution >= 0.6 is 0 Å². The third-order valence-corrected chi connectivity index (χ3v) is 6.69. The molecule has 1 saturated heterocycles. The molecule has 5 rings (SSSR count). The molecule has 1 aromatic carbocycles. The van der Waals surface area contributed by atoms with Crippen LogP contribution in [0.2, 0.25) is 0 Å². The van der Waals surface area contributed by atoms with Crippen LogP contribution in [0.5, 0.6) is 5.75 Å². The number of rotatable bonds is 3. The number of likely N-dealkylation sites (tertiary alicyclic amines) is 1. The van der Waals surface area contributed by atoms with Crippen LogP contribution in [-0.4, -0.2) is 56.4 Å². The number of carbonyl (C=O) groups excluding carboxylic acids is 2. The van der Waals surface area contributed by atoms with Crippen LogP contribution in [0.3, 0.4) is 0 Å². The molecule has 33 heavy (non-hydrogen) atoms. The summed E-state index contributed by atoms with van der Waals surface area (Å²) in [5.41, 5.74) is 2.96. The number of hydrogen-bond donors (Lipinski definition) is 1. The van der Waals surface area contributed by atoms with E-state index in [9.17, 15) is 14.4 Å². The van der Waals surface area contributed by atoms with E-state index in [1.54, 1.807) is 24.1 Å². The van der Waals surface area contributed by atoms with Gasteiger partial charge in [0.05, 0.1) is 42.2 Å². The van der Waals surface area contributed by atoms with Gasteiger partial charge in [-0.05, 0) is 31.4 Å². The minimum Gasteiger partial charge on any atom is -0.496 e. The summed E-state index contributed by atoms with van der Waals surface area (Å²) in [6.45, 7) is 2.97. The van der Waals surface area contributed by atoms with Crippen molar-refractivity contribution >= 4 is 17.5 Å². The highest BCUT2D eigenvalue weighted by molar-refractivity contribution is 5.97. The Morgan fingerprint density at radius 2 is 2.00 bits per heavy atom. The predicted octanol–water partition coefficient (Wildman–Crippen LogP) is 2.30. The van der Waals surface area contributed by atoms with Crippen molar-refractivity contribution < 1.29 is 14.3 Å². The summed E-state index contributed by atoms with van der Waals surface area (Å²) < 4.78 is 6.85. The van der Waals surface area contributed by atoms with Crippen molar-refractivity contribution in [2.24, 2.45) is 0 Å². The molecule has 4 heterocycles. The van der Waals surface area contributed by atoms with Crippen molar-refractivity contribution in [3.63, 3.8) is 0 Å². The first-order valence-corrected chi connectivity index (χ1v) is 11.3. The molecular weight excluding hydrogens is 422 g/mol. The molecule has 172 valence electrons. The van der Waals surface area contributed by atoms with E-state index in [-0.39, 0.29) is 30.0 Å². The molecule has 2 aliphatic heterocycles. The van der Waals surface area contributed by atoms with Crippen LogP contribution in [0, 0.1) is 0 Å². The smallest absolute Gasteiger partial charge is 0.277 e. The zero-order chi connectivity index (χ0) is 23.1. The van der Waals surface area contributed by atoms with Gasteiger partial charge in [0, 0.05) is 32.5 Å². The van der Waals surface area contributed by atoms with Gasteiger partial charge in [-0.2, -0.15) is 0 Å². The number of para-hydroxylation sites is 1. The number of amides is 2. The fourth-order valence-corrected chi connectivity index (χ4v) is 4.91. The number of hydrogen-bond acceptors (Lipinski definition) is 5. The second kappa shape index (κ2) is 8.38. The van der Waals surface area contributed by atoms with Gasteiger partial charge in [0.15, 0.2) is 5.65 Å². The zero-order valence-corrected chi connectivity index (χ0v) is 18.8. The SMILES string of the molecule is COc1ccccc1C(=O)N1CCCCC1c1cc2nc3c(c(=O)n2[nH]1)CN(C(C)=O)CC3. The monoisotopic (exact) mass is 449 g/mol. The lowest BCUT2D eigenvalue weighted by molar-refractivity contribution is -0.129. The average molecular weight is 450 g/mol. The molecule has 2 aromatic heterocycles. The Morgan fingerprint density at radius 1 is 1.18 bits per heavy atom. The van der Waals surface area contributed by atoms with E-state index in [0.717, 1.165) is 30.7 Å². The molecule has 2 aliphatic rings. The summed E-state index contributed by atoms with van der Waals surface area (Å²) in [5.74, 6) is 0.404. The number of benzene rings is 1. The number of methoxy groups -OCH3 is 1. The number of nitrogens with one attached hydrogen (secondary N) is 1. The summed E-state index contributed by atoms with van der Waals surface area (Å²) in [6.07, 6.45) is 3.26. The van der Waals surface area contributed by atoms with Gasteiger partial charge in [0.2, 0.25) is 5.91 Å². The highest BCUT2D eigenvalue weighted by Gasteiger charge is 2.32. The molecule has 1 fully saturated rings. The Morgan fingerprint density at radius 3 is 2.79 bits per heavy atom. The minimum absolute atomic E-state index is 0.0509. The van der Waals surface area contributed by atoms with E-state index in [2.05, 4.69) is 5.10 Å². The molecule has 1 atom stereocenters. The van der Waals surface area contributed by atoms with Crippen LogP contribution in [0.1, 0.15) is 59.5 Å². The van der Waals surface area contributed by atoms with E-state index in [0.29, 0.717) is 42.0 Å². The van der Waals surface area contributed by atoms with Crippen molar-refractivity contribution in [2.75, 3.05) is 20.2 Å². The lowest BCUT2D eigenvalue weighted by Gasteiger charge is -2.35. The van der Waals surface area contributed by atoms with Gasteiger partial charge in [-0.3, -0.25) is 19.5 Å². The number of H-pyrrole nitrogens is 1. The van der Waals surface area contributed by atoms with Crippen molar-refractivity contribution in [1.82, 2.24) is 24.4 Å². The van der Waals surface area contributed by atoms with Crippen molar-refractivity contribution in [3.05, 3.63) is 63.2 Å². The van der Waals surface area contributed by atoms with Gasteiger partial charge in [-0.25, -0.2) is 9.50 Å². The fraction of sp³-hybridized carbons (Fsp3) is 0.417. The number of aromatic nitrogens is 3. The van der Waals surface area contributed by atoms with Crippen LogP contribution in [-0.2, 0) is 17.8 Å². The van der Waals surface area contributed by atoms with Crippen LogP contribution in [0.15, 0.2) is 35.1 Å². The maximum Gasteiger partial charge on any atom is 0.277 e. The largest absolute Gasteiger partial charge is 0.496 e. The minimum atomic E-state index is -0.192. The molecule has 0 bridgehead atoms. The first kappa shape index (κ1) is 21.2. The van der Waals surface area contributed by atoms with Crippen LogP contribution < -0.4 is 10.3 Å². The van der Waals surface area contributed by atoms with Crippen molar-refractivity contribution in [3.8, 4) is 5.75 Å². The van der Waals surface area contributed by atoms with E-state index in [1.165, 1.54) is 11.4 Å². The Labute approximate surface area is 190 Å². The number of aromatic amines is 1. The number of carbonyl (C=O) groups is 2. The average Bonchev–Trinajstić information content (AvgIpc) is 3.27. The van der Waals surface area contributed by atoms with Crippen molar-refractivity contribution in [1.29, 1.82) is 0 Å². The molecule has 1 unspecified atom stereocenters. The third-order valence-electron chi connectivity index (χ3n) is 6.69. The Balaban J connectivity index is 1.52. The summed E-state index contributed by atoms with van der Waals surface area (Å²) >= 11 is 0. The van der Waals surface area contributed by atoms with E-state index < -0.39 is 0 Å². The molecule has 1 N–H and O–H groups in total. The molecule has 3 aromatic rings. The highest BCUT2D eigenvalue weighted by Crippen LogP contribution is 2.33. The van der Waals surface area contributed by atoms with Crippen LogP contribution in [0.25, 0.3) is 5.65 Å². The molecule has 0 radical (unpaired) electrons. The summed E-state index contributed by atoms with van der Waals surface area (Å²) in [7, 11) is 1.56. The molecule has 0 saturated carbocycles. The quantitative estimate of drug-likeness (QED) is 0.661. The second-order valence-corrected chi connectivity index (χ2v) is 8.65. The summed E-state index contributed by atoms with van der Waals surface area (Å²) in [4.78, 5) is 46.7. The van der Waals surface area contributed by atoms with Gasteiger partial charge in [-0.15, -0.1) is 0 Å².